The molecule has 0 bridgehead atoms. The van der Waals surface area contributed by atoms with Crippen LogP contribution >= 0.6 is 0 Å². The van der Waals surface area contributed by atoms with Crippen molar-refractivity contribution in [3.05, 3.63) is 90.0 Å². The van der Waals surface area contributed by atoms with Crippen LogP contribution in [0.5, 0.6) is 5.75 Å². The highest BCUT2D eigenvalue weighted by Crippen LogP contribution is 2.35. The van der Waals surface area contributed by atoms with Crippen LogP contribution in [-0.4, -0.2) is 32.8 Å². The number of hydrogen-bond donors (Lipinski definition) is 1. The van der Waals surface area contributed by atoms with Crippen molar-refractivity contribution >= 4 is 5.91 Å². The van der Waals surface area contributed by atoms with Crippen LogP contribution in [0.1, 0.15) is 24.0 Å². The smallest absolute Gasteiger partial charge is 0.224 e. The summed E-state index contributed by atoms with van der Waals surface area (Å²) in [6, 6.07) is 26.7. The van der Waals surface area contributed by atoms with E-state index in [1.807, 2.05) is 42.5 Å². The number of benzene rings is 3. The molecule has 0 aliphatic carbocycles. The summed E-state index contributed by atoms with van der Waals surface area (Å²) >= 11 is 0. The van der Waals surface area contributed by atoms with Crippen LogP contribution in [0.4, 0.5) is 0 Å². The van der Waals surface area contributed by atoms with Crippen molar-refractivity contribution in [2.45, 2.75) is 24.7 Å². The topological polar surface area (TPSA) is 47.6 Å². The standard InChI is InChI=1S/C27H29NO3/c1-30-25-13-11-24(12-14-25)27(15-17-31-18-16-27)20-28-26(29)19-21-7-9-23(10-8-21)22-5-3-2-4-6-22/h2-14H,15-20H2,1H3,(H,28,29). The lowest BCUT2D eigenvalue weighted by Crippen LogP contribution is -2.45. The van der Waals surface area contributed by atoms with E-state index in [2.05, 4.69) is 41.7 Å². The van der Waals surface area contributed by atoms with Gasteiger partial charge in [0.05, 0.1) is 13.5 Å². The SMILES string of the molecule is COc1ccc(C2(CNC(=O)Cc3ccc(-c4ccccc4)cc3)CCOCC2)cc1. The largest absolute Gasteiger partial charge is 0.497 e. The van der Waals surface area contributed by atoms with Crippen molar-refractivity contribution in [3.63, 3.8) is 0 Å². The Bertz CT molecular complexity index is 975. The molecule has 1 aliphatic heterocycles. The quantitative estimate of drug-likeness (QED) is 0.605. The molecule has 4 nitrogen and oxygen atoms in total. The van der Waals surface area contributed by atoms with Gasteiger partial charge in [0.2, 0.25) is 5.91 Å². The molecule has 31 heavy (non-hydrogen) atoms. The van der Waals surface area contributed by atoms with Crippen molar-refractivity contribution in [1.29, 1.82) is 0 Å². The summed E-state index contributed by atoms with van der Waals surface area (Å²) in [7, 11) is 1.67. The van der Waals surface area contributed by atoms with Crippen molar-refractivity contribution in [1.82, 2.24) is 5.32 Å². The van der Waals surface area contributed by atoms with Crippen LogP contribution in [0.2, 0.25) is 0 Å². The molecule has 0 unspecified atom stereocenters. The Hall–Kier alpha value is -3.11. The maximum absolute atomic E-state index is 12.7. The Balaban J connectivity index is 1.40. The molecule has 0 spiro atoms. The number of carbonyl (C=O) groups excluding carboxylic acids is 1. The van der Waals surface area contributed by atoms with E-state index in [1.165, 1.54) is 11.1 Å². The second-order valence-corrected chi connectivity index (χ2v) is 8.14. The van der Waals surface area contributed by atoms with E-state index in [9.17, 15) is 4.79 Å². The number of amides is 1. The highest BCUT2D eigenvalue weighted by Gasteiger charge is 2.34. The summed E-state index contributed by atoms with van der Waals surface area (Å²) in [5, 5.41) is 3.19. The van der Waals surface area contributed by atoms with Gasteiger partial charge in [-0.2, -0.15) is 0 Å². The Labute approximate surface area is 184 Å². The minimum Gasteiger partial charge on any atom is -0.497 e. The summed E-state index contributed by atoms with van der Waals surface area (Å²) < 4.78 is 10.9. The fraction of sp³-hybridized carbons (Fsp3) is 0.296. The molecule has 1 aliphatic rings. The van der Waals surface area contributed by atoms with Crippen LogP contribution in [0.15, 0.2) is 78.9 Å². The Kier molecular flexibility index (Phi) is 6.68. The van der Waals surface area contributed by atoms with Crippen molar-refractivity contribution < 1.29 is 14.3 Å². The molecular weight excluding hydrogens is 386 g/mol. The summed E-state index contributed by atoms with van der Waals surface area (Å²) in [6.45, 7) is 2.04. The van der Waals surface area contributed by atoms with Crippen molar-refractivity contribution in [3.8, 4) is 16.9 Å². The van der Waals surface area contributed by atoms with Gasteiger partial charge in [-0.3, -0.25) is 4.79 Å². The number of ether oxygens (including phenoxy) is 2. The Morgan fingerprint density at radius 2 is 1.55 bits per heavy atom. The molecule has 1 fully saturated rings. The lowest BCUT2D eigenvalue weighted by molar-refractivity contribution is -0.120. The second kappa shape index (κ2) is 9.80. The number of nitrogens with one attached hydrogen (secondary N) is 1. The van der Waals surface area contributed by atoms with Gasteiger partial charge >= 0.3 is 0 Å². The maximum atomic E-state index is 12.7. The third-order valence-corrected chi connectivity index (χ3v) is 6.20. The lowest BCUT2D eigenvalue weighted by atomic mass is 9.74. The molecule has 4 heteroatoms. The van der Waals surface area contributed by atoms with Crippen molar-refractivity contribution in [2.75, 3.05) is 26.9 Å². The summed E-state index contributed by atoms with van der Waals surface area (Å²) in [6.07, 6.45) is 2.17. The zero-order valence-electron chi connectivity index (χ0n) is 18.0. The average molecular weight is 416 g/mol. The molecule has 4 rings (SSSR count). The first-order chi connectivity index (χ1) is 15.2. The van der Waals surface area contributed by atoms with E-state index >= 15 is 0 Å². The monoisotopic (exact) mass is 415 g/mol. The molecule has 0 radical (unpaired) electrons. The molecule has 0 saturated carbocycles. The molecule has 1 amide bonds. The van der Waals surface area contributed by atoms with E-state index in [4.69, 9.17) is 9.47 Å². The predicted octanol–water partition coefficient (Wildman–Crippen LogP) is 4.77. The van der Waals surface area contributed by atoms with Gasteiger partial charge < -0.3 is 14.8 Å². The predicted molar refractivity (Wildman–Crippen MR) is 123 cm³/mol. The molecule has 0 atom stereocenters. The molecular formula is C27H29NO3. The Morgan fingerprint density at radius 1 is 0.903 bits per heavy atom. The number of methoxy groups -OCH3 is 1. The molecule has 160 valence electrons. The summed E-state index contributed by atoms with van der Waals surface area (Å²) in [5.41, 5.74) is 4.48. The van der Waals surface area contributed by atoms with Crippen molar-refractivity contribution in [2.24, 2.45) is 0 Å². The van der Waals surface area contributed by atoms with E-state index in [0.29, 0.717) is 26.2 Å². The van der Waals surface area contributed by atoms with Crippen LogP contribution in [0.25, 0.3) is 11.1 Å². The molecule has 3 aromatic rings. The van der Waals surface area contributed by atoms with Gasteiger partial charge in [-0.15, -0.1) is 0 Å². The lowest BCUT2D eigenvalue weighted by Gasteiger charge is -2.38. The van der Waals surface area contributed by atoms with Gasteiger partial charge in [-0.25, -0.2) is 0 Å². The van der Waals surface area contributed by atoms with E-state index < -0.39 is 0 Å². The van der Waals surface area contributed by atoms with Gasteiger partial charge in [-0.05, 0) is 47.2 Å². The highest BCUT2D eigenvalue weighted by atomic mass is 16.5. The number of hydrogen-bond acceptors (Lipinski definition) is 3. The maximum Gasteiger partial charge on any atom is 0.224 e. The van der Waals surface area contributed by atoms with E-state index in [1.54, 1.807) is 7.11 Å². The third-order valence-electron chi connectivity index (χ3n) is 6.20. The zero-order chi connectivity index (χ0) is 21.5. The molecule has 1 saturated heterocycles. The van der Waals surface area contributed by atoms with Crippen LogP contribution in [-0.2, 0) is 21.4 Å². The molecule has 0 aromatic heterocycles. The normalized spacial score (nSPS) is 15.3. The summed E-state index contributed by atoms with van der Waals surface area (Å²) in [4.78, 5) is 12.7. The average Bonchev–Trinajstić information content (AvgIpc) is 2.84. The van der Waals surface area contributed by atoms with Gasteiger partial charge in [0.25, 0.3) is 0 Å². The van der Waals surface area contributed by atoms with Crippen LogP contribution < -0.4 is 10.1 Å². The fourth-order valence-electron chi connectivity index (χ4n) is 4.24. The highest BCUT2D eigenvalue weighted by molar-refractivity contribution is 5.79. The third kappa shape index (κ3) is 5.15. The first-order valence-corrected chi connectivity index (χ1v) is 10.8. The van der Waals surface area contributed by atoms with Crippen LogP contribution in [0, 0.1) is 0 Å². The summed E-state index contributed by atoms with van der Waals surface area (Å²) in [5.74, 6) is 0.890. The van der Waals surface area contributed by atoms with Gasteiger partial charge in [-0.1, -0.05) is 66.7 Å². The van der Waals surface area contributed by atoms with Gasteiger partial charge in [0, 0.05) is 25.2 Å². The minimum atomic E-state index is -0.0999. The number of rotatable bonds is 7. The molecule has 1 N–H and O–H groups in total. The fourth-order valence-corrected chi connectivity index (χ4v) is 4.24. The first kappa shape index (κ1) is 21.1. The van der Waals surface area contributed by atoms with Crippen LogP contribution in [0.3, 0.4) is 0 Å². The van der Waals surface area contributed by atoms with Gasteiger partial charge in [0.1, 0.15) is 5.75 Å². The molecule has 1 heterocycles. The minimum absolute atomic E-state index is 0.0480. The Morgan fingerprint density at radius 3 is 2.19 bits per heavy atom. The van der Waals surface area contributed by atoms with Gasteiger partial charge in [0.15, 0.2) is 0 Å². The van der Waals surface area contributed by atoms with E-state index in [0.717, 1.165) is 29.7 Å². The van der Waals surface area contributed by atoms with E-state index in [-0.39, 0.29) is 11.3 Å². The molecule has 3 aromatic carbocycles. The number of carbonyl (C=O) groups is 1. The zero-order valence-corrected chi connectivity index (χ0v) is 18.0. The second-order valence-electron chi connectivity index (χ2n) is 8.14. The first-order valence-electron chi connectivity index (χ1n) is 10.8.